The summed E-state index contributed by atoms with van der Waals surface area (Å²) in [5.74, 6) is -2.29. The smallest absolute Gasteiger partial charge is 0.393 e. The number of pyridine rings is 1. The Morgan fingerprint density at radius 3 is 2.80 bits per heavy atom. The number of benzene rings is 1. The Bertz CT molecular complexity index is 960. The van der Waals surface area contributed by atoms with Crippen LogP contribution in [0.15, 0.2) is 30.5 Å². The third-order valence-electron chi connectivity index (χ3n) is 5.12. The van der Waals surface area contributed by atoms with Crippen LogP contribution in [0, 0.1) is 17.2 Å². The van der Waals surface area contributed by atoms with Crippen molar-refractivity contribution in [1.29, 1.82) is 5.26 Å². The number of fused-ring (bicyclic) bond motifs is 1. The van der Waals surface area contributed by atoms with Crippen molar-refractivity contribution in [2.75, 3.05) is 24.6 Å². The highest BCUT2D eigenvalue weighted by Gasteiger charge is 2.45. The fraction of sp³-hybridized carbons (Fsp3) is 0.450. The number of carbonyl (C=O) groups is 1. The lowest BCUT2D eigenvalue weighted by Gasteiger charge is -2.40. The second-order valence-electron chi connectivity index (χ2n) is 7.33. The van der Waals surface area contributed by atoms with Crippen LogP contribution in [0.25, 0.3) is 10.9 Å². The minimum atomic E-state index is -4.45. The van der Waals surface area contributed by atoms with Gasteiger partial charge in [-0.2, -0.15) is 18.4 Å². The van der Waals surface area contributed by atoms with E-state index in [1.807, 2.05) is 6.07 Å². The van der Waals surface area contributed by atoms with E-state index < -0.39 is 43.2 Å². The van der Waals surface area contributed by atoms with Gasteiger partial charge in [0.05, 0.1) is 36.1 Å². The second-order valence-corrected chi connectivity index (χ2v) is 7.33. The molecule has 1 amide bonds. The van der Waals surface area contributed by atoms with Crippen LogP contribution in [-0.4, -0.2) is 59.1 Å². The monoisotopic (exact) mass is 422 g/mol. The topological polar surface area (TPSA) is 109 Å². The number of carbonyl (C=O) groups excluding carboxylic acids is 1. The SMILES string of the molecule is N#Cc1ccc(N2C[C@H](NC(=O)CC(O)CO)C[C@H](C(F)(F)F)C2)c2cccnc12. The molecule has 30 heavy (non-hydrogen) atoms. The van der Waals surface area contributed by atoms with Gasteiger partial charge in [-0.15, -0.1) is 0 Å². The molecule has 1 aliphatic heterocycles. The summed E-state index contributed by atoms with van der Waals surface area (Å²) in [6.07, 6.45) is -4.89. The highest BCUT2D eigenvalue weighted by molar-refractivity contribution is 5.95. The summed E-state index contributed by atoms with van der Waals surface area (Å²) in [5, 5.41) is 30.6. The molecule has 7 nitrogen and oxygen atoms in total. The predicted molar refractivity (Wildman–Crippen MR) is 102 cm³/mol. The minimum Gasteiger partial charge on any atom is -0.394 e. The van der Waals surface area contributed by atoms with Gasteiger partial charge in [-0.05, 0) is 30.7 Å². The van der Waals surface area contributed by atoms with E-state index in [-0.39, 0.29) is 19.5 Å². The molecular weight excluding hydrogens is 401 g/mol. The molecule has 0 aliphatic carbocycles. The standard InChI is InChI=1S/C20H21F3N4O3/c21-20(22,23)13-6-14(26-18(30)7-15(29)11-28)10-27(9-13)17-4-3-12(8-24)19-16(17)2-1-5-25-19/h1-5,13-15,28-29H,6-7,9-11H2,(H,26,30)/t13-,14+,15?/m0/s1. The number of anilines is 1. The number of halogens is 3. The summed E-state index contributed by atoms with van der Waals surface area (Å²) < 4.78 is 40.7. The first kappa shape index (κ1) is 21.8. The Labute approximate surface area is 170 Å². The van der Waals surface area contributed by atoms with E-state index in [0.29, 0.717) is 22.2 Å². The molecule has 3 rings (SSSR count). The van der Waals surface area contributed by atoms with Gasteiger partial charge in [0.15, 0.2) is 0 Å². The molecule has 0 radical (unpaired) electrons. The number of hydrogen-bond acceptors (Lipinski definition) is 6. The molecule has 1 fully saturated rings. The number of aromatic nitrogens is 1. The number of piperidine rings is 1. The molecule has 1 aromatic carbocycles. The number of hydrogen-bond donors (Lipinski definition) is 3. The lowest BCUT2D eigenvalue weighted by Crippen LogP contribution is -2.54. The van der Waals surface area contributed by atoms with Crippen molar-refractivity contribution in [3.05, 3.63) is 36.0 Å². The lowest BCUT2D eigenvalue weighted by atomic mass is 9.92. The molecule has 0 spiro atoms. The minimum absolute atomic E-state index is 0.128. The normalized spacial score (nSPS) is 20.6. The largest absolute Gasteiger partial charge is 0.394 e. The van der Waals surface area contributed by atoms with Gasteiger partial charge in [-0.25, -0.2) is 0 Å². The predicted octanol–water partition coefficient (Wildman–Crippen LogP) is 1.72. The zero-order chi connectivity index (χ0) is 21.9. The molecule has 2 heterocycles. The number of nitrogens with one attached hydrogen (secondary N) is 1. The molecule has 1 aromatic heterocycles. The lowest BCUT2D eigenvalue weighted by molar-refractivity contribution is -0.178. The molecule has 0 saturated carbocycles. The summed E-state index contributed by atoms with van der Waals surface area (Å²) >= 11 is 0. The molecule has 1 unspecified atom stereocenters. The Morgan fingerprint density at radius 1 is 1.37 bits per heavy atom. The van der Waals surface area contributed by atoms with Crippen molar-refractivity contribution < 1.29 is 28.2 Å². The van der Waals surface area contributed by atoms with E-state index in [1.54, 1.807) is 23.1 Å². The van der Waals surface area contributed by atoms with Crippen molar-refractivity contribution in [1.82, 2.24) is 10.3 Å². The fourth-order valence-electron chi connectivity index (χ4n) is 3.73. The number of amides is 1. The van der Waals surface area contributed by atoms with Gasteiger partial charge in [-0.1, -0.05) is 0 Å². The molecule has 160 valence electrons. The van der Waals surface area contributed by atoms with E-state index >= 15 is 0 Å². The average Bonchev–Trinajstić information content (AvgIpc) is 2.71. The molecule has 3 atom stereocenters. The van der Waals surface area contributed by atoms with Crippen LogP contribution < -0.4 is 10.2 Å². The van der Waals surface area contributed by atoms with Crippen LogP contribution in [0.3, 0.4) is 0 Å². The van der Waals surface area contributed by atoms with Crippen LogP contribution in [0.5, 0.6) is 0 Å². The van der Waals surface area contributed by atoms with Crippen LogP contribution in [-0.2, 0) is 4.79 Å². The van der Waals surface area contributed by atoms with Crippen LogP contribution >= 0.6 is 0 Å². The molecule has 2 aromatic rings. The number of aliphatic hydroxyl groups is 2. The summed E-state index contributed by atoms with van der Waals surface area (Å²) in [6.45, 7) is -0.770. The van der Waals surface area contributed by atoms with Crippen molar-refractivity contribution in [3.8, 4) is 6.07 Å². The van der Waals surface area contributed by atoms with Crippen molar-refractivity contribution in [2.24, 2.45) is 5.92 Å². The zero-order valence-corrected chi connectivity index (χ0v) is 15.9. The summed E-state index contributed by atoms with van der Waals surface area (Å²) in [5.41, 5.74) is 1.22. The van der Waals surface area contributed by atoms with E-state index in [1.165, 1.54) is 12.3 Å². The van der Waals surface area contributed by atoms with Gasteiger partial charge in [-0.3, -0.25) is 9.78 Å². The van der Waals surface area contributed by atoms with Crippen molar-refractivity contribution >= 4 is 22.5 Å². The molecule has 1 aliphatic rings. The van der Waals surface area contributed by atoms with E-state index in [4.69, 9.17) is 5.11 Å². The first-order valence-corrected chi connectivity index (χ1v) is 9.40. The maximum atomic E-state index is 13.6. The Kier molecular flexibility index (Phi) is 6.43. The Balaban J connectivity index is 1.91. The highest BCUT2D eigenvalue weighted by Crippen LogP contribution is 2.37. The molecule has 10 heteroatoms. The van der Waals surface area contributed by atoms with Crippen molar-refractivity contribution in [3.63, 3.8) is 0 Å². The fourth-order valence-corrected chi connectivity index (χ4v) is 3.73. The highest BCUT2D eigenvalue weighted by atomic mass is 19.4. The quantitative estimate of drug-likeness (QED) is 0.677. The summed E-state index contributed by atoms with van der Waals surface area (Å²) in [4.78, 5) is 17.8. The van der Waals surface area contributed by atoms with E-state index in [9.17, 15) is 28.3 Å². The third kappa shape index (κ3) is 4.80. The molecule has 1 saturated heterocycles. The number of nitriles is 1. The second kappa shape index (κ2) is 8.85. The number of rotatable bonds is 5. The average molecular weight is 422 g/mol. The number of aliphatic hydroxyl groups excluding tert-OH is 2. The van der Waals surface area contributed by atoms with Gasteiger partial charge in [0.2, 0.25) is 5.91 Å². The number of alkyl halides is 3. The first-order chi connectivity index (χ1) is 14.2. The van der Waals surface area contributed by atoms with Crippen LogP contribution in [0.2, 0.25) is 0 Å². The van der Waals surface area contributed by atoms with Gasteiger partial charge in [0, 0.05) is 36.4 Å². The first-order valence-electron chi connectivity index (χ1n) is 9.40. The maximum Gasteiger partial charge on any atom is 0.393 e. The molecule has 0 bridgehead atoms. The Hall–Kier alpha value is -2.90. The van der Waals surface area contributed by atoms with Gasteiger partial charge >= 0.3 is 6.18 Å². The summed E-state index contributed by atoms with van der Waals surface area (Å²) in [7, 11) is 0. The Morgan fingerprint density at radius 2 is 2.13 bits per heavy atom. The van der Waals surface area contributed by atoms with Gasteiger partial charge in [0.25, 0.3) is 0 Å². The summed E-state index contributed by atoms with van der Waals surface area (Å²) in [6, 6.07) is 7.69. The zero-order valence-electron chi connectivity index (χ0n) is 15.9. The van der Waals surface area contributed by atoms with Gasteiger partial charge < -0.3 is 20.4 Å². The van der Waals surface area contributed by atoms with E-state index in [2.05, 4.69) is 10.3 Å². The van der Waals surface area contributed by atoms with Gasteiger partial charge in [0.1, 0.15) is 6.07 Å². The van der Waals surface area contributed by atoms with Crippen LogP contribution in [0.1, 0.15) is 18.4 Å². The third-order valence-corrected chi connectivity index (χ3v) is 5.12. The molecular formula is C20H21F3N4O3. The van der Waals surface area contributed by atoms with Crippen LogP contribution in [0.4, 0.5) is 18.9 Å². The number of nitrogens with zero attached hydrogens (tertiary/aromatic N) is 3. The molecule has 3 N–H and O–H groups in total. The van der Waals surface area contributed by atoms with Crippen molar-refractivity contribution in [2.45, 2.75) is 31.2 Å². The maximum absolute atomic E-state index is 13.6. The van der Waals surface area contributed by atoms with E-state index in [0.717, 1.165) is 0 Å².